The minimum atomic E-state index is -4.52. The summed E-state index contributed by atoms with van der Waals surface area (Å²) in [6.45, 7) is 5.91. The number of hydrogen-bond donors (Lipinski definition) is 0. The lowest BCUT2D eigenvalue weighted by molar-refractivity contribution is -0.319. The molecule has 25 heavy (non-hydrogen) atoms. The maximum absolute atomic E-state index is 13.3. The Balaban J connectivity index is 1.96. The third kappa shape index (κ3) is 4.97. The molecule has 0 aromatic heterocycles. The summed E-state index contributed by atoms with van der Waals surface area (Å²) in [4.78, 5) is 13.7. The Morgan fingerprint density at radius 1 is 1.16 bits per heavy atom. The molecule has 1 saturated heterocycles. The van der Waals surface area contributed by atoms with Gasteiger partial charge in [-0.15, -0.1) is 0 Å². The largest absolute Gasteiger partial charge is 0.418 e. The second-order valence-corrected chi connectivity index (χ2v) is 7.68. The van der Waals surface area contributed by atoms with Crippen LogP contribution in [0.2, 0.25) is 0 Å². The lowest BCUT2D eigenvalue weighted by atomic mass is 9.96. The molecule has 1 aromatic carbocycles. The van der Waals surface area contributed by atoms with Crippen LogP contribution in [0.5, 0.6) is 0 Å². The zero-order valence-corrected chi connectivity index (χ0v) is 15.2. The summed E-state index contributed by atoms with van der Waals surface area (Å²) >= 11 is 0. The van der Waals surface area contributed by atoms with E-state index in [-0.39, 0.29) is 18.9 Å². The van der Waals surface area contributed by atoms with Crippen molar-refractivity contribution in [2.24, 2.45) is 0 Å². The molecule has 0 spiro atoms. The van der Waals surface area contributed by atoms with Crippen molar-refractivity contribution in [3.8, 4) is 0 Å². The van der Waals surface area contributed by atoms with Gasteiger partial charge in [-0.3, -0.25) is 4.79 Å². The first kappa shape index (κ1) is 19.8. The molecule has 0 aliphatic carbocycles. The number of rotatable bonds is 4. The Kier molecular flexibility index (Phi) is 5.52. The minimum Gasteiger partial charge on any atom is -0.356 e. The van der Waals surface area contributed by atoms with Crippen molar-refractivity contribution in [1.82, 2.24) is 4.90 Å². The van der Waals surface area contributed by atoms with Crippen LogP contribution in [-0.4, -0.2) is 41.3 Å². The Morgan fingerprint density at radius 3 is 2.32 bits per heavy atom. The van der Waals surface area contributed by atoms with E-state index in [4.69, 9.17) is 4.74 Å². The number of aryl methyl sites for hydroxylation is 2. The Labute approximate surface area is 147 Å². The summed E-state index contributed by atoms with van der Waals surface area (Å²) in [5.74, 6) is -0.251. The Morgan fingerprint density at radius 2 is 1.76 bits per heavy atom. The predicted octanol–water partition coefficient (Wildman–Crippen LogP) is 4.28. The summed E-state index contributed by atoms with van der Waals surface area (Å²) in [5, 5.41) is 0. The van der Waals surface area contributed by atoms with Gasteiger partial charge in [0.05, 0.1) is 12.1 Å². The highest BCUT2D eigenvalue weighted by molar-refractivity contribution is 5.76. The van der Waals surface area contributed by atoms with Crippen molar-refractivity contribution in [3.63, 3.8) is 0 Å². The fourth-order valence-corrected chi connectivity index (χ4v) is 3.23. The normalized spacial score (nSPS) is 23.6. The van der Waals surface area contributed by atoms with Crippen LogP contribution in [0.1, 0.15) is 44.7 Å². The van der Waals surface area contributed by atoms with E-state index in [0.29, 0.717) is 6.42 Å². The molecule has 1 atom stereocenters. The van der Waals surface area contributed by atoms with E-state index in [0.717, 1.165) is 18.9 Å². The highest BCUT2D eigenvalue weighted by atomic mass is 19.4. The van der Waals surface area contributed by atoms with Gasteiger partial charge in [-0.05, 0) is 46.1 Å². The molecule has 2 rings (SSSR count). The van der Waals surface area contributed by atoms with Crippen LogP contribution < -0.4 is 0 Å². The molecule has 1 unspecified atom stereocenters. The van der Waals surface area contributed by atoms with E-state index in [2.05, 4.69) is 0 Å². The maximum atomic E-state index is 13.3. The van der Waals surface area contributed by atoms with Crippen molar-refractivity contribution in [2.45, 2.75) is 64.3 Å². The van der Waals surface area contributed by atoms with Gasteiger partial charge in [-0.25, -0.2) is 0 Å². The van der Waals surface area contributed by atoms with Crippen molar-refractivity contribution in [2.75, 3.05) is 13.1 Å². The number of ether oxygens (including phenoxy) is 1. The van der Waals surface area contributed by atoms with Crippen LogP contribution in [0.4, 0.5) is 13.2 Å². The number of nitrogens with zero attached hydrogens (tertiary/aromatic N) is 1. The molecule has 3 nitrogen and oxygen atoms in total. The Hall–Kier alpha value is -1.56. The van der Waals surface area contributed by atoms with E-state index in [1.54, 1.807) is 13.8 Å². The number of carbonyl (C=O) groups is 1. The molecule has 0 bridgehead atoms. The third-order valence-corrected chi connectivity index (χ3v) is 4.49. The maximum Gasteiger partial charge on any atom is 0.418 e. The molecule has 0 N–H and O–H groups in total. The SMILES string of the molecule is Cc1ccc(CCCC(=O)N2CC(C)(C)OC(C)(C(F)(F)F)C2)cc1. The van der Waals surface area contributed by atoms with Gasteiger partial charge in [0.25, 0.3) is 0 Å². The molecule has 1 aliphatic rings. The fraction of sp³-hybridized carbons (Fsp3) is 0.632. The van der Waals surface area contributed by atoms with Gasteiger partial charge < -0.3 is 9.64 Å². The van der Waals surface area contributed by atoms with Gasteiger partial charge in [0.1, 0.15) is 0 Å². The van der Waals surface area contributed by atoms with E-state index in [1.807, 2.05) is 31.2 Å². The molecule has 1 aliphatic heterocycles. The van der Waals surface area contributed by atoms with Crippen molar-refractivity contribution in [3.05, 3.63) is 35.4 Å². The first-order valence-electron chi connectivity index (χ1n) is 8.52. The third-order valence-electron chi connectivity index (χ3n) is 4.49. The topological polar surface area (TPSA) is 29.5 Å². The molecule has 1 aromatic rings. The van der Waals surface area contributed by atoms with Crippen molar-refractivity contribution >= 4 is 5.91 Å². The second-order valence-electron chi connectivity index (χ2n) is 7.68. The summed E-state index contributed by atoms with van der Waals surface area (Å²) in [5.41, 5.74) is -1.07. The number of morpholine rings is 1. The van der Waals surface area contributed by atoms with E-state index >= 15 is 0 Å². The number of benzene rings is 1. The first-order valence-corrected chi connectivity index (χ1v) is 8.52. The minimum absolute atomic E-state index is 0.169. The first-order chi connectivity index (χ1) is 11.4. The van der Waals surface area contributed by atoms with Gasteiger partial charge in [-0.2, -0.15) is 13.2 Å². The number of amides is 1. The highest BCUT2D eigenvalue weighted by Crippen LogP contribution is 2.40. The van der Waals surface area contributed by atoms with Crippen LogP contribution in [-0.2, 0) is 16.0 Å². The van der Waals surface area contributed by atoms with Crippen LogP contribution in [0.3, 0.4) is 0 Å². The highest BCUT2D eigenvalue weighted by Gasteiger charge is 2.58. The fourth-order valence-electron chi connectivity index (χ4n) is 3.23. The van der Waals surface area contributed by atoms with Gasteiger partial charge in [0, 0.05) is 13.0 Å². The zero-order valence-electron chi connectivity index (χ0n) is 15.2. The summed E-state index contributed by atoms with van der Waals surface area (Å²) in [6, 6.07) is 8.05. The van der Waals surface area contributed by atoms with E-state index in [9.17, 15) is 18.0 Å². The summed E-state index contributed by atoms with van der Waals surface area (Å²) in [7, 11) is 0. The molecular formula is C19H26F3NO2. The van der Waals surface area contributed by atoms with Gasteiger partial charge in [-0.1, -0.05) is 29.8 Å². The summed E-state index contributed by atoms with van der Waals surface area (Å²) in [6.07, 6.45) is -2.94. The van der Waals surface area contributed by atoms with Crippen LogP contribution in [0.25, 0.3) is 0 Å². The number of halogens is 3. The van der Waals surface area contributed by atoms with Crippen LogP contribution in [0, 0.1) is 6.92 Å². The molecule has 0 saturated carbocycles. The number of hydrogen-bond acceptors (Lipinski definition) is 2. The van der Waals surface area contributed by atoms with E-state index in [1.165, 1.54) is 10.5 Å². The molecule has 1 heterocycles. The summed E-state index contributed by atoms with van der Waals surface area (Å²) < 4.78 is 45.3. The second kappa shape index (κ2) is 6.98. The van der Waals surface area contributed by atoms with Crippen LogP contribution >= 0.6 is 0 Å². The average molecular weight is 357 g/mol. The van der Waals surface area contributed by atoms with Gasteiger partial charge >= 0.3 is 6.18 Å². The standard InChI is InChI=1S/C19H26F3NO2/c1-14-8-10-15(11-9-14)6-5-7-16(24)23-12-17(2,3)25-18(4,13-23)19(20,21)22/h8-11H,5-7,12-13H2,1-4H3. The quantitative estimate of drug-likeness (QED) is 0.805. The smallest absolute Gasteiger partial charge is 0.356 e. The molecule has 1 amide bonds. The molecule has 6 heteroatoms. The average Bonchev–Trinajstić information content (AvgIpc) is 2.46. The van der Waals surface area contributed by atoms with Gasteiger partial charge in [0.15, 0.2) is 5.60 Å². The molecule has 0 radical (unpaired) electrons. The molecule has 1 fully saturated rings. The molecule has 140 valence electrons. The monoisotopic (exact) mass is 357 g/mol. The zero-order chi connectivity index (χ0) is 18.9. The lowest BCUT2D eigenvalue weighted by Crippen LogP contribution is -2.65. The predicted molar refractivity (Wildman–Crippen MR) is 90.3 cm³/mol. The van der Waals surface area contributed by atoms with Gasteiger partial charge in [0.2, 0.25) is 5.91 Å². The Bertz CT molecular complexity index is 610. The lowest BCUT2D eigenvalue weighted by Gasteiger charge is -2.49. The number of alkyl halides is 3. The van der Waals surface area contributed by atoms with Crippen molar-refractivity contribution in [1.29, 1.82) is 0 Å². The van der Waals surface area contributed by atoms with Crippen molar-refractivity contribution < 1.29 is 22.7 Å². The number of carbonyl (C=O) groups excluding carboxylic acids is 1. The molecular weight excluding hydrogens is 331 g/mol. The van der Waals surface area contributed by atoms with Crippen LogP contribution in [0.15, 0.2) is 24.3 Å². The van der Waals surface area contributed by atoms with E-state index < -0.39 is 23.9 Å².